The molecular weight excluding hydrogens is 332 g/mol. The summed E-state index contributed by atoms with van der Waals surface area (Å²) < 4.78 is 6.01. The van der Waals surface area contributed by atoms with E-state index < -0.39 is 0 Å². The van der Waals surface area contributed by atoms with Crippen molar-refractivity contribution < 1.29 is 9.53 Å². The number of amides is 1. The van der Waals surface area contributed by atoms with Crippen LogP contribution in [0.3, 0.4) is 0 Å². The lowest BCUT2D eigenvalue weighted by molar-refractivity contribution is 0.0619. The Hall–Kier alpha value is -1.07. The van der Waals surface area contributed by atoms with E-state index in [1.165, 1.54) is 6.42 Å². The van der Waals surface area contributed by atoms with Crippen LogP contribution in [0.15, 0.2) is 22.7 Å². The van der Waals surface area contributed by atoms with Crippen LogP contribution in [0.5, 0.6) is 5.75 Å². The molecule has 0 bridgehead atoms. The molecule has 0 aliphatic heterocycles. The Labute approximate surface area is 134 Å². The highest BCUT2D eigenvalue weighted by Crippen LogP contribution is 2.30. The molecule has 1 aliphatic rings. The van der Waals surface area contributed by atoms with Gasteiger partial charge in [0.15, 0.2) is 0 Å². The molecular formula is C16H23BrN2O2. The number of carbonyl (C=O) groups excluding carboxylic acids is 1. The minimum absolute atomic E-state index is 0.0196. The predicted octanol–water partition coefficient (Wildman–Crippen LogP) is 3.05. The second kappa shape index (κ2) is 7.27. The minimum atomic E-state index is 0.0196. The average Bonchev–Trinajstić information content (AvgIpc) is 2.54. The number of carbonyl (C=O) groups is 1. The fourth-order valence-electron chi connectivity index (χ4n) is 3.11. The van der Waals surface area contributed by atoms with Gasteiger partial charge in [-0.25, -0.2) is 0 Å². The normalized spacial score (nSPS) is 21.9. The first kappa shape index (κ1) is 16.3. The molecule has 0 radical (unpaired) electrons. The van der Waals surface area contributed by atoms with Gasteiger partial charge in [-0.2, -0.15) is 0 Å². The van der Waals surface area contributed by atoms with E-state index in [1.807, 2.05) is 24.1 Å². The summed E-state index contributed by atoms with van der Waals surface area (Å²) in [7, 11) is 3.49. The zero-order valence-corrected chi connectivity index (χ0v) is 14.2. The number of ether oxygens (including phenoxy) is 1. The first-order valence-corrected chi connectivity index (χ1v) is 8.18. The molecule has 1 aliphatic carbocycles. The Kier molecular flexibility index (Phi) is 5.65. The van der Waals surface area contributed by atoms with Crippen LogP contribution in [0.25, 0.3) is 0 Å². The SMILES string of the molecule is COc1ccc(Br)c(C(=O)N(C)C2CCCCC2CN)c1. The van der Waals surface area contributed by atoms with Crippen molar-refractivity contribution >= 4 is 21.8 Å². The summed E-state index contributed by atoms with van der Waals surface area (Å²) in [6, 6.07) is 5.70. The summed E-state index contributed by atoms with van der Waals surface area (Å²) >= 11 is 3.46. The van der Waals surface area contributed by atoms with Crippen LogP contribution < -0.4 is 10.5 Å². The standard InChI is InChI=1S/C16H23BrN2O2/c1-19(15-6-4-3-5-11(15)10-18)16(20)13-9-12(21-2)7-8-14(13)17/h7-9,11,15H,3-6,10,18H2,1-2H3. The number of nitrogens with two attached hydrogens (primary N) is 1. The molecule has 0 aromatic heterocycles. The summed E-state index contributed by atoms with van der Waals surface area (Å²) in [6.07, 6.45) is 4.52. The fourth-order valence-corrected chi connectivity index (χ4v) is 3.52. The molecule has 1 amide bonds. The van der Waals surface area contributed by atoms with Crippen LogP contribution in [0.4, 0.5) is 0 Å². The maximum absolute atomic E-state index is 12.8. The van der Waals surface area contributed by atoms with Crippen molar-refractivity contribution in [3.8, 4) is 5.75 Å². The number of hydrogen-bond acceptors (Lipinski definition) is 3. The zero-order valence-electron chi connectivity index (χ0n) is 12.6. The molecule has 0 saturated heterocycles. The lowest BCUT2D eigenvalue weighted by Gasteiger charge is -2.37. The van der Waals surface area contributed by atoms with E-state index in [0.29, 0.717) is 23.8 Å². The van der Waals surface area contributed by atoms with E-state index in [0.717, 1.165) is 23.7 Å². The van der Waals surface area contributed by atoms with Gasteiger partial charge in [0, 0.05) is 17.6 Å². The predicted molar refractivity (Wildman–Crippen MR) is 87.6 cm³/mol. The molecule has 2 atom stereocenters. The third-order valence-electron chi connectivity index (χ3n) is 4.39. The van der Waals surface area contributed by atoms with E-state index in [1.54, 1.807) is 13.2 Å². The number of benzene rings is 1. The summed E-state index contributed by atoms with van der Waals surface area (Å²) in [5, 5.41) is 0. The van der Waals surface area contributed by atoms with Gasteiger partial charge in [-0.3, -0.25) is 4.79 Å². The van der Waals surface area contributed by atoms with Crippen molar-refractivity contribution in [1.29, 1.82) is 0 Å². The average molecular weight is 355 g/mol. The molecule has 1 aromatic rings. The zero-order chi connectivity index (χ0) is 15.4. The van der Waals surface area contributed by atoms with E-state index in [9.17, 15) is 4.79 Å². The maximum atomic E-state index is 12.8. The fraction of sp³-hybridized carbons (Fsp3) is 0.562. The van der Waals surface area contributed by atoms with Crippen LogP contribution in [0, 0.1) is 5.92 Å². The topological polar surface area (TPSA) is 55.6 Å². The quantitative estimate of drug-likeness (QED) is 0.903. The van der Waals surface area contributed by atoms with E-state index in [4.69, 9.17) is 10.5 Å². The van der Waals surface area contributed by atoms with Gasteiger partial charge in [-0.05, 0) is 59.4 Å². The number of rotatable bonds is 4. The first-order valence-electron chi connectivity index (χ1n) is 7.39. The third-order valence-corrected chi connectivity index (χ3v) is 5.08. The second-order valence-electron chi connectivity index (χ2n) is 5.61. The van der Waals surface area contributed by atoms with Crippen LogP contribution >= 0.6 is 15.9 Å². The highest BCUT2D eigenvalue weighted by Gasteiger charge is 2.31. The van der Waals surface area contributed by atoms with Crippen molar-refractivity contribution in [3.05, 3.63) is 28.2 Å². The minimum Gasteiger partial charge on any atom is -0.497 e. The van der Waals surface area contributed by atoms with Crippen molar-refractivity contribution in [2.24, 2.45) is 11.7 Å². The van der Waals surface area contributed by atoms with Gasteiger partial charge in [0.25, 0.3) is 5.91 Å². The van der Waals surface area contributed by atoms with Crippen LogP contribution in [0.1, 0.15) is 36.0 Å². The summed E-state index contributed by atoms with van der Waals surface area (Å²) in [4.78, 5) is 14.7. The number of halogens is 1. The molecule has 0 heterocycles. The molecule has 1 saturated carbocycles. The Morgan fingerprint density at radius 2 is 2.14 bits per heavy atom. The molecule has 2 rings (SSSR count). The second-order valence-corrected chi connectivity index (χ2v) is 6.46. The van der Waals surface area contributed by atoms with Crippen molar-refractivity contribution in [1.82, 2.24) is 4.90 Å². The molecule has 5 heteroatoms. The molecule has 21 heavy (non-hydrogen) atoms. The summed E-state index contributed by atoms with van der Waals surface area (Å²) in [5.74, 6) is 1.11. The molecule has 0 spiro atoms. The van der Waals surface area contributed by atoms with Gasteiger partial charge in [0.05, 0.1) is 12.7 Å². The molecule has 2 N–H and O–H groups in total. The lowest BCUT2D eigenvalue weighted by atomic mass is 9.83. The molecule has 1 fully saturated rings. The monoisotopic (exact) mass is 354 g/mol. The first-order chi connectivity index (χ1) is 10.1. The van der Waals surface area contributed by atoms with Crippen LogP contribution in [-0.4, -0.2) is 37.6 Å². The molecule has 4 nitrogen and oxygen atoms in total. The lowest BCUT2D eigenvalue weighted by Crippen LogP contribution is -2.46. The van der Waals surface area contributed by atoms with Crippen molar-refractivity contribution in [3.63, 3.8) is 0 Å². The summed E-state index contributed by atoms with van der Waals surface area (Å²) in [6.45, 7) is 0.640. The third kappa shape index (κ3) is 3.58. The maximum Gasteiger partial charge on any atom is 0.255 e. The van der Waals surface area contributed by atoms with Gasteiger partial charge < -0.3 is 15.4 Å². The number of hydrogen-bond donors (Lipinski definition) is 1. The largest absolute Gasteiger partial charge is 0.497 e. The smallest absolute Gasteiger partial charge is 0.255 e. The van der Waals surface area contributed by atoms with Gasteiger partial charge in [0.2, 0.25) is 0 Å². The van der Waals surface area contributed by atoms with Crippen LogP contribution in [-0.2, 0) is 0 Å². The highest BCUT2D eigenvalue weighted by molar-refractivity contribution is 9.10. The van der Waals surface area contributed by atoms with Crippen LogP contribution in [0.2, 0.25) is 0 Å². The van der Waals surface area contributed by atoms with E-state index in [-0.39, 0.29) is 11.9 Å². The summed E-state index contributed by atoms with van der Waals surface area (Å²) in [5.41, 5.74) is 6.52. The molecule has 1 aromatic carbocycles. The Morgan fingerprint density at radius 1 is 1.43 bits per heavy atom. The van der Waals surface area contributed by atoms with Gasteiger partial charge in [0.1, 0.15) is 5.75 Å². The van der Waals surface area contributed by atoms with E-state index in [2.05, 4.69) is 15.9 Å². The molecule has 2 unspecified atom stereocenters. The van der Waals surface area contributed by atoms with Gasteiger partial charge >= 0.3 is 0 Å². The van der Waals surface area contributed by atoms with Crippen molar-refractivity contribution in [2.75, 3.05) is 20.7 Å². The Balaban J connectivity index is 2.22. The van der Waals surface area contributed by atoms with E-state index >= 15 is 0 Å². The Bertz CT molecular complexity index is 507. The molecule has 116 valence electrons. The van der Waals surface area contributed by atoms with Gasteiger partial charge in [-0.15, -0.1) is 0 Å². The van der Waals surface area contributed by atoms with Crippen molar-refractivity contribution in [2.45, 2.75) is 31.7 Å². The highest BCUT2D eigenvalue weighted by atomic mass is 79.9. The number of methoxy groups -OCH3 is 1. The Morgan fingerprint density at radius 3 is 2.81 bits per heavy atom. The van der Waals surface area contributed by atoms with Gasteiger partial charge in [-0.1, -0.05) is 12.8 Å². The number of nitrogens with zero attached hydrogens (tertiary/aromatic N) is 1.